The van der Waals surface area contributed by atoms with Gasteiger partial charge in [0.15, 0.2) is 0 Å². The number of carbonyl (C=O) groups excluding carboxylic acids is 2. The van der Waals surface area contributed by atoms with Gasteiger partial charge < -0.3 is 20.3 Å². The fourth-order valence-corrected chi connectivity index (χ4v) is 6.54. The van der Waals surface area contributed by atoms with Crippen LogP contribution in [0.15, 0.2) is 72.9 Å². The number of nitrogens with one attached hydrogen (secondary N) is 1. The van der Waals surface area contributed by atoms with Gasteiger partial charge in [-0.25, -0.2) is 0 Å². The van der Waals surface area contributed by atoms with Crippen molar-refractivity contribution >= 4 is 11.9 Å². The highest BCUT2D eigenvalue weighted by Crippen LogP contribution is 2.15. The maximum absolute atomic E-state index is 13.1. The molecule has 0 rings (SSSR count). The zero-order chi connectivity index (χ0) is 41.0. The van der Waals surface area contributed by atoms with Gasteiger partial charge in [-0.15, -0.1) is 0 Å². The Morgan fingerprint density at radius 2 is 0.929 bits per heavy atom. The van der Waals surface area contributed by atoms with Crippen molar-refractivity contribution in [2.45, 2.75) is 225 Å². The Morgan fingerprint density at radius 1 is 0.536 bits per heavy atom. The molecule has 6 nitrogen and oxygen atoms in total. The minimum absolute atomic E-state index is 0.0482. The topological polar surface area (TPSA) is 95.9 Å². The van der Waals surface area contributed by atoms with E-state index in [2.05, 4.69) is 86.8 Å². The Bertz CT molecular complexity index is 1060. The van der Waals surface area contributed by atoms with Crippen LogP contribution in [0, 0.1) is 0 Å². The summed E-state index contributed by atoms with van der Waals surface area (Å²) in [5.74, 6) is -0.635. The van der Waals surface area contributed by atoms with Crippen LogP contribution in [-0.2, 0) is 14.3 Å². The minimum Gasteiger partial charge on any atom is -0.458 e. The Hall–Kier alpha value is -2.70. The van der Waals surface area contributed by atoms with Crippen LogP contribution in [0.4, 0.5) is 0 Å². The first kappa shape index (κ1) is 53.3. The third kappa shape index (κ3) is 38.2. The summed E-state index contributed by atoms with van der Waals surface area (Å²) in [6, 6.07) is -0.741. The predicted octanol–water partition coefficient (Wildman–Crippen LogP) is 13.4. The van der Waals surface area contributed by atoms with E-state index in [-0.39, 0.29) is 24.9 Å². The molecule has 0 aliphatic rings. The molecule has 0 aliphatic heterocycles. The molecular formula is C50H87NO5. The second kappa shape index (κ2) is 43.4. The number of allylic oxidation sites excluding steroid dienone is 11. The van der Waals surface area contributed by atoms with Gasteiger partial charge in [-0.2, -0.15) is 0 Å². The van der Waals surface area contributed by atoms with Gasteiger partial charge in [0, 0.05) is 6.42 Å². The third-order valence-corrected chi connectivity index (χ3v) is 10.0. The smallest absolute Gasteiger partial charge is 0.306 e. The lowest BCUT2D eigenvalue weighted by atomic mass is 10.0. The van der Waals surface area contributed by atoms with Gasteiger partial charge in [-0.1, -0.05) is 210 Å². The molecule has 0 fully saturated rings. The number of hydrogen-bond acceptors (Lipinski definition) is 5. The van der Waals surface area contributed by atoms with Crippen LogP contribution in [0.1, 0.15) is 207 Å². The maximum Gasteiger partial charge on any atom is 0.306 e. The van der Waals surface area contributed by atoms with Crippen LogP contribution in [0.2, 0.25) is 0 Å². The number of esters is 1. The summed E-state index contributed by atoms with van der Waals surface area (Å²) in [6.45, 7) is 6.29. The minimum atomic E-state index is -0.818. The number of rotatable bonds is 40. The second-order valence-electron chi connectivity index (χ2n) is 15.4. The number of aliphatic hydroxyl groups excluding tert-OH is 2. The van der Waals surface area contributed by atoms with E-state index in [9.17, 15) is 19.8 Å². The van der Waals surface area contributed by atoms with E-state index < -0.39 is 18.2 Å². The highest BCUT2D eigenvalue weighted by Gasteiger charge is 2.23. The number of unbranched alkanes of at least 4 members (excludes halogenated alkanes) is 18. The van der Waals surface area contributed by atoms with Crippen LogP contribution in [0.5, 0.6) is 0 Å². The molecule has 56 heavy (non-hydrogen) atoms. The quantitative estimate of drug-likeness (QED) is 0.0327. The van der Waals surface area contributed by atoms with Gasteiger partial charge in [0.05, 0.1) is 25.2 Å². The van der Waals surface area contributed by atoms with Crippen molar-refractivity contribution in [1.29, 1.82) is 0 Å². The average molecular weight is 782 g/mol. The van der Waals surface area contributed by atoms with Gasteiger partial charge in [0.25, 0.3) is 0 Å². The van der Waals surface area contributed by atoms with Crippen molar-refractivity contribution < 1.29 is 24.5 Å². The summed E-state index contributed by atoms with van der Waals surface area (Å²) in [5.41, 5.74) is 0. The first-order valence-corrected chi connectivity index (χ1v) is 23.2. The fraction of sp³-hybridized carbons (Fsp3) is 0.720. The first-order chi connectivity index (χ1) is 27.5. The van der Waals surface area contributed by atoms with Crippen LogP contribution in [0.25, 0.3) is 0 Å². The number of aliphatic hydroxyl groups is 2. The Labute approximate surface area is 345 Å². The molecule has 3 N–H and O–H groups in total. The van der Waals surface area contributed by atoms with E-state index in [0.717, 1.165) is 70.6 Å². The van der Waals surface area contributed by atoms with E-state index in [4.69, 9.17) is 4.74 Å². The van der Waals surface area contributed by atoms with Crippen molar-refractivity contribution in [3.63, 3.8) is 0 Å². The summed E-state index contributed by atoms with van der Waals surface area (Å²) in [6.07, 6.45) is 54.2. The predicted molar refractivity (Wildman–Crippen MR) is 241 cm³/mol. The van der Waals surface area contributed by atoms with Crippen molar-refractivity contribution in [3.05, 3.63) is 72.9 Å². The molecule has 0 bridgehead atoms. The molecular weight excluding hydrogens is 695 g/mol. The molecule has 0 spiro atoms. The van der Waals surface area contributed by atoms with Crippen molar-refractivity contribution in [2.24, 2.45) is 0 Å². The summed E-state index contributed by atoms with van der Waals surface area (Å²) < 4.78 is 5.79. The van der Waals surface area contributed by atoms with Crippen LogP contribution >= 0.6 is 0 Å². The fourth-order valence-electron chi connectivity index (χ4n) is 6.54. The van der Waals surface area contributed by atoms with Gasteiger partial charge in [0.2, 0.25) is 5.91 Å². The van der Waals surface area contributed by atoms with E-state index in [1.54, 1.807) is 6.08 Å². The zero-order valence-corrected chi connectivity index (χ0v) is 36.5. The van der Waals surface area contributed by atoms with Crippen molar-refractivity contribution in [3.8, 4) is 0 Å². The second-order valence-corrected chi connectivity index (χ2v) is 15.4. The van der Waals surface area contributed by atoms with E-state index >= 15 is 0 Å². The summed E-state index contributed by atoms with van der Waals surface area (Å²) in [7, 11) is 0. The van der Waals surface area contributed by atoms with Crippen LogP contribution in [-0.4, -0.2) is 46.9 Å². The van der Waals surface area contributed by atoms with E-state index in [0.29, 0.717) is 19.3 Å². The molecule has 1 amide bonds. The maximum atomic E-state index is 13.1. The molecule has 0 aromatic heterocycles. The molecule has 0 aromatic rings. The molecule has 3 atom stereocenters. The standard InChI is InChI=1S/C50H87NO5/c1-4-7-10-13-16-19-21-22-23-24-25-26-28-30-32-35-38-41-46(56-50(55)43-40-37-34-31-27-20-17-14-11-8-5-2)44-49(54)51-47(45-52)48(53)42-39-36-33-29-18-15-12-9-6-3/h7,10,16,19,22-23,25-26,30,32,38,41,46-48,52-53H,4-6,8-9,11-15,17-18,20-21,24,27-29,31,33-37,39-40,42-45H2,1-3H3,(H,51,54)/b10-7-,19-16-,23-22-,26-25-,32-30-,41-38-. The molecule has 6 heteroatoms. The highest BCUT2D eigenvalue weighted by molar-refractivity contribution is 5.78. The Morgan fingerprint density at radius 3 is 1.36 bits per heavy atom. The van der Waals surface area contributed by atoms with Gasteiger partial charge in [-0.05, 0) is 57.4 Å². The van der Waals surface area contributed by atoms with Crippen molar-refractivity contribution in [2.75, 3.05) is 6.61 Å². The van der Waals surface area contributed by atoms with Gasteiger partial charge >= 0.3 is 5.97 Å². The molecule has 0 aromatic carbocycles. The lowest BCUT2D eigenvalue weighted by molar-refractivity contribution is -0.148. The number of ether oxygens (including phenoxy) is 1. The Kier molecular flexibility index (Phi) is 41.3. The Balaban J connectivity index is 4.81. The van der Waals surface area contributed by atoms with E-state index in [1.165, 1.54) is 89.9 Å². The summed E-state index contributed by atoms with van der Waals surface area (Å²) in [5, 5.41) is 23.5. The summed E-state index contributed by atoms with van der Waals surface area (Å²) in [4.78, 5) is 25.9. The van der Waals surface area contributed by atoms with Gasteiger partial charge in [0.1, 0.15) is 6.10 Å². The van der Waals surface area contributed by atoms with E-state index in [1.807, 2.05) is 6.08 Å². The molecule has 0 saturated carbocycles. The lowest BCUT2D eigenvalue weighted by Crippen LogP contribution is -2.46. The lowest BCUT2D eigenvalue weighted by Gasteiger charge is -2.23. The van der Waals surface area contributed by atoms with Crippen molar-refractivity contribution in [1.82, 2.24) is 5.32 Å². The largest absolute Gasteiger partial charge is 0.458 e. The molecule has 322 valence electrons. The average Bonchev–Trinajstić information content (AvgIpc) is 3.19. The molecule has 0 heterocycles. The molecule has 3 unspecified atom stereocenters. The normalized spacial score (nSPS) is 14.0. The number of hydrogen-bond donors (Lipinski definition) is 3. The van der Waals surface area contributed by atoms with Gasteiger partial charge in [-0.3, -0.25) is 9.59 Å². The zero-order valence-electron chi connectivity index (χ0n) is 36.5. The number of carbonyl (C=O) groups is 2. The molecule has 0 saturated heterocycles. The molecule has 0 aliphatic carbocycles. The highest BCUT2D eigenvalue weighted by atomic mass is 16.5. The van der Waals surface area contributed by atoms with Crippen LogP contribution < -0.4 is 5.32 Å². The SMILES string of the molecule is CC/C=C\C/C=C\C/C=C\C/C=C\C/C=C\C/C=C\C(CC(=O)NC(CO)C(O)CCCCCCCCCCC)OC(=O)CCCCCCCCCCCCC. The monoisotopic (exact) mass is 782 g/mol. The number of amides is 1. The first-order valence-electron chi connectivity index (χ1n) is 23.2. The van der Waals surface area contributed by atoms with Crippen LogP contribution in [0.3, 0.4) is 0 Å². The molecule has 0 radical (unpaired) electrons. The third-order valence-electron chi connectivity index (χ3n) is 10.0. The summed E-state index contributed by atoms with van der Waals surface area (Å²) >= 11 is 0.